The van der Waals surface area contributed by atoms with Crippen molar-refractivity contribution in [2.45, 2.75) is 4.90 Å². The molecule has 0 spiro atoms. The zero-order valence-electron chi connectivity index (χ0n) is 34.3. The molecule has 0 unspecified atom stereocenters. The van der Waals surface area contributed by atoms with E-state index in [-0.39, 0.29) is 44.5 Å². The van der Waals surface area contributed by atoms with E-state index >= 15 is 0 Å². The van der Waals surface area contributed by atoms with Crippen molar-refractivity contribution in [3.8, 4) is 69.4 Å². The van der Waals surface area contributed by atoms with Crippen LogP contribution in [0.15, 0.2) is 144 Å². The second-order valence-corrected chi connectivity index (χ2v) is 16.3. The molecule has 7 aromatic carbocycles. The van der Waals surface area contributed by atoms with E-state index in [0.717, 1.165) is 0 Å². The van der Waals surface area contributed by atoms with E-state index in [9.17, 15) is 28.8 Å². The molecule has 10 rings (SSSR count). The highest BCUT2D eigenvalue weighted by Gasteiger charge is 2.31. The molecule has 312 valence electrons. The van der Waals surface area contributed by atoms with Crippen molar-refractivity contribution in [1.82, 2.24) is 28.7 Å². The van der Waals surface area contributed by atoms with Crippen LogP contribution < -0.4 is 0 Å². The lowest BCUT2D eigenvalue weighted by Gasteiger charge is -2.13. The summed E-state index contributed by atoms with van der Waals surface area (Å²) in [6.45, 7) is 23.6. The highest BCUT2D eigenvalue weighted by molar-refractivity contribution is 7.85. The lowest BCUT2D eigenvalue weighted by molar-refractivity contribution is 0.483. The quantitative estimate of drug-likeness (QED) is 0.120. The van der Waals surface area contributed by atoms with Crippen molar-refractivity contribution in [1.29, 1.82) is 15.8 Å². The van der Waals surface area contributed by atoms with Gasteiger partial charge in [-0.3, -0.25) is 27.9 Å². The molecule has 0 atom stereocenters. The minimum absolute atomic E-state index is 0.0813. The smallest absolute Gasteiger partial charge is 0.290 e. The van der Waals surface area contributed by atoms with Gasteiger partial charge in [0.25, 0.3) is 10.1 Å². The third kappa shape index (κ3) is 6.57. The maximum Gasteiger partial charge on any atom is 0.294 e. The fourth-order valence-corrected chi connectivity index (χ4v) is 8.73. The Labute approximate surface area is 381 Å². The second kappa shape index (κ2) is 15.9. The topological polar surface area (TPSA) is 192 Å². The van der Waals surface area contributed by atoms with E-state index in [4.69, 9.17) is 34.7 Å². The van der Waals surface area contributed by atoms with Crippen LogP contribution >= 0.6 is 0 Å². The first-order chi connectivity index (χ1) is 32.6. The molecular formula is C51H24N12O3S. The lowest BCUT2D eigenvalue weighted by Crippen LogP contribution is -2.02. The van der Waals surface area contributed by atoms with Crippen LogP contribution in [-0.2, 0) is 10.1 Å². The van der Waals surface area contributed by atoms with E-state index in [1.54, 1.807) is 53.1 Å². The Hall–Kier alpha value is -10.2. The summed E-state index contributed by atoms with van der Waals surface area (Å²) in [5, 5.41) is 30.0. The van der Waals surface area contributed by atoms with Crippen LogP contribution in [0.3, 0.4) is 0 Å². The standard InChI is InChI=1S/C51H24N12O3S/c1-55-40-23-18-32(26-42(40)57-3)51-60-43-46(62(51)37-12-8-5-9-13-37)44-48(45-47(43)61(36-10-6-4-7-11-36)50(59-45)31-15-17-34(28-53)41(25-31)56-2)63(38-19-21-39(22-20-38)67(64,65)66)49(58-44)30-14-16-33(27-52)35(24-30)29-54/h4-26H,(H,64,65,66). The number of imidazole rings is 3. The van der Waals surface area contributed by atoms with Gasteiger partial charge in [-0.05, 0) is 72.8 Å². The van der Waals surface area contributed by atoms with Crippen molar-refractivity contribution in [2.75, 3.05) is 0 Å². The maximum atomic E-state index is 12.3. The Balaban J connectivity index is 1.49. The first-order valence-corrected chi connectivity index (χ1v) is 21.4. The van der Waals surface area contributed by atoms with E-state index < -0.39 is 10.1 Å². The van der Waals surface area contributed by atoms with Crippen molar-refractivity contribution in [3.05, 3.63) is 190 Å². The summed E-state index contributed by atoms with van der Waals surface area (Å²) < 4.78 is 40.2. The second-order valence-electron chi connectivity index (χ2n) is 14.9. The summed E-state index contributed by atoms with van der Waals surface area (Å²) in [7, 11) is -4.61. The molecule has 0 aliphatic rings. The summed E-state index contributed by atoms with van der Waals surface area (Å²) in [5.74, 6) is 0.997. The van der Waals surface area contributed by atoms with Crippen LogP contribution in [0.2, 0.25) is 0 Å². The van der Waals surface area contributed by atoms with Gasteiger partial charge in [0.15, 0.2) is 11.4 Å². The van der Waals surface area contributed by atoms with Gasteiger partial charge in [-0.2, -0.15) is 24.2 Å². The Kier molecular flexibility index (Phi) is 9.67. The van der Waals surface area contributed by atoms with Gasteiger partial charge in [-0.15, -0.1) is 0 Å². The Morgan fingerprint density at radius 1 is 0.463 bits per heavy atom. The molecule has 3 heterocycles. The van der Waals surface area contributed by atoms with Crippen LogP contribution in [0.5, 0.6) is 0 Å². The molecular weight excluding hydrogens is 861 g/mol. The summed E-state index contributed by atoms with van der Waals surface area (Å²) in [4.78, 5) is 26.6. The number of hydrogen-bond acceptors (Lipinski definition) is 8. The first-order valence-electron chi connectivity index (χ1n) is 19.9. The van der Waals surface area contributed by atoms with Crippen molar-refractivity contribution < 1.29 is 13.0 Å². The summed E-state index contributed by atoms with van der Waals surface area (Å²) in [6.07, 6.45) is 0. The van der Waals surface area contributed by atoms with Crippen LogP contribution in [0.25, 0.3) is 98.9 Å². The molecule has 0 saturated carbocycles. The molecule has 0 aliphatic carbocycles. The molecule has 10 aromatic rings. The number of hydrogen-bond donors (Lipinski definition) is 1. The Morgan fingerprint density at radius 2 is 0.866 bits per heavy atom. The Bertz CT molecular complexity index is 4060. The third-order valence-electron chi connectivity index (χ3n) is 11.2. The highest BCUT2D eigenvalue weighted by atomic mass is 32.2. The molecule has 0 amide bonds. The molecule has 16 heteroatoms. The summed E-state index contributed by atoms with van der Waals surface area (Å²) >= 11 is 0. The van der Waals surface area contributed by atoms with E-state index in [1.165, 1.54) is 30.3 Å². The number of fused-ring (bicyclic) bond motifs is 6. The number of rotatable bonds is 7. The fraction of sp³-hybridized carbons (Fsp3) is 0. The number of nitrogens with zero attached hydrogens (tertiary/aromatic N) is 12. The normalized spacial score (nSPS) is 11.1. The predicted molar refractivity (Wildman–Crippen MR) is 249 cm³/mol. The van der Waals surface area contributed by atoms with E-state index in [1.807, 2.05) is 69.8 Å². The molecule has 3 aromatic heterocycles. The molecule has 1 N–H and O–H groups in total. The van der Waals surface area contributed by atoms with Crippen LogP contribution in [-0.4, -0.2) is 41.6 Å². The average Bonchev–Trinajstić information content (AvgIpc) is 4.09. The molecule has 67 heavy (non-hydrogen) atoms. The largest absolute Gasteiger partial charge is 0.294 e. The van der Waals surface area contributed by atoms with Gasteiger partial charge in [0.05, 0.1) is 47.4 Å². The maximum absolute atomic E-state index is 12.3. The van der Waals surface area contributed by atoms with Crippen molar-refractivity contribution in [2.24, 2.45) is 0 Å². The van der Waals surface area contributed by atoms with Gasteiger partial charge in [0.1, 0.15) is 62.7 Å². The Morgan fingerprint density at radius 3 is 1.30 bits per heavy atom. The van der Waals surface area contributed by atoms with Gasteiger partial charge in [-0.1, -0.05) is 66.7 Å². The monoisotopic (exact) mass is 884 g/mol. The van der Waals surface area contributed by atoms with Gasteiger partial charge in [-0.25, -0.2) is 19.8 Å². The van der Waals surface area contributed by atoms with E-state index in [0.29, 0.717) is 78.5 Å². The highest BCUT2D eigenvalue weighted by Crippen LogP contribution is 2.45. The molecule has 0 fully saturated rings. The molecule has 0 bridgehead atoms. The van der Waals surface area contributed by atoms with Gasteiger partial charge in [0, 0.05) is 33.8 Å². The van der Waals surface area contributed by atoms with Gasteiger partial charge < -0.3 is 0 Å². The lowest BCUT2D eigenvalue weighted by atomic mass is 10.1. The predicted octanol–water partition coefficient (Wildman–Crippen LogP) is 11.2. The first kappa shape index (κ1) is 40.8. The van der Waals surface area contributed by atoms with Crippen LogP contribution in [0.1, 0.15) is 16.7 Å². The van der Waals surface area contributed by atoms with Crippen molar-refractivity contribution in [3.63, 3.8) is 0 Å². The summed E-state index contributed by atoms with van der Waals surface area (Å²) in [6, 6.07) is 44.9. The van der Waals surface area contributed by atoms with Gasteiger partial charge in [0.2, 0.25) is 5.69 Å². The van der Waals surface area contributed by atoms with E-state index in [2.05, 4.69) is 32.7 Å². The molecule has 0 saturated heterocycles. The minimum atomic E-state index is -4.61. The number of para-hydroxylation sites is 2. The SMILES string of the molecule is [C-]#[N+]c1cc(-c2nc3c4c(nc(-c5ccc(C#N)c(C#N)c5)n4-c4ccc(S(=O)(=O)O)cc4)c4c(nc(-c5ccc([N+]#[C-])c([N+]#[C-])c5)n4-c4ccccc4)c3n2-c2ccccc2)ccc1C#N. The fourth-order valence-electron chi connectivity index (χ4n) is 8.25. The van der Waals surface area contributed by atoms with Crippen molar-refractivity contribution >= 4 is 60.3 Å². The number of nitriles is 3. The average molecular weight is 885 g/mol. The van der Waals surface area contributed by atoms with Gasteiger partial charge >= 0.3 is 0 Å². The van der Waals surface area contributed by atoms with Crippen LogP contribution in [0, 0.1) is 53.7 Å². The third-order valence-corrected chi connectivity index (χ3v) is 12.1. The molecule has 15 nitrogen and oxygen atoms in total. The zero-order chi connectivity index (χ0) is 46.6. The number of aromatic nitrogens is 6. The minimum Gasteiger partial charge on any atom is -0.290 e. The molecule has 0 aliphatic heterocycles. The summed E-state index contributed by atoms with van der Waals surface area (Å²) in [5.41, 5.74) is 6.29. The number of benzene rings is 7. The van der Waals surface area contributed by atoms with Crippen LogP contribution in [0.4, 0.5) is 17.1 Å². The molecule has 0 radical (unpaired) electrons. The zero-order valence-corrected chi connectivity index (χ0v) is 35.1.